The molecule has 0 bridgehead atoms. The van der Waals surface area contributed by atoms with E-state index in [1.165, 1.54) is 7.11 Å². The zero-order valence-corrected chi connectivity index (χ0v) is 11.4. The van der Waals surface area contributed by atoms with E-state index in [-0.39, 0.29) is 12.1 Å². The Morgan fingerprint density at radius 1 is 1.45 bits per heavy atom. The molecule has 2 aromatic rings. The number of hydrogen-bond donors (Lipinski definition) is 2. The van der Waals surface area contributed by atoms with Crippen molar-refractivity contribution < 1.29 is 13.9 Å². The van der Waals surface area contributed by atoms with E-state index >= 15 is 0 Å². The van der Waals surface area contributed by atoms with Gasteiger partial charge in [0.25, 0.3) is 0 Å². The number of carbonyl (C=O) groups is 1. The van der Waals surface area contributed by atoms with E-state index in [1.807, 2.05) is 19.1 Å². The Labute approximate surface area is 117 Å². The summed E-state index contributed by atoms with van der Waals surface area (Å²) < 4.78 is 10.3. The van der Waals surface area contributed by atoms with Crippen LogP contribution in [0.2, 0.25) is 0 Å². The van der Waals surface area contributed by atoms with Crippen molar-refractivity contribution in [2.75, 3.05) is 12.4 Å². The second kappa shape index (κ2) is 6.60. The van der Waals surface area contributed by atoms with E-state index < -0.39 is 0 Å². The van der Waals surface area contributed by atoms with Gasteiger partial charge in [0.05, 0.1) is 13.4 Å². The lowest BCUT2D eigenvalue weighted by atomic mass is 10.2. The topological polar surface area (TPSA) is 76.4 Å². The minimum absolute atomic E-state index is 0.0520. The van der Waals surface area contributed by atoms with Crippen LogP contribution >= 0.6 is 0 Å². The number of carbonyl (C=O) groups excluding carboxylic acids is 1. The number of nitrogens with zero attached hydrogens (tertiary/aromatic N) is 1. The fourth-order valence-corrected chi connectivity index (χ4v) is 1.81. The number of hydrogen-bond acceptors (Lipinski definition) is 4. The fraction of sp³-hybridized carbons (Fsp3) is 0.286. The van der Waals surface area contributed by atoms with Gasteiger partial charge in [0.1, 0.15) is 11.4 Å². The van der Waals surface area contributed by atoms with Crippen LogP contribution in [-0.2, 0) is 6.42 Å². The molecule has 0 fully saturated rings. The third-order valence-corrected chi connectivity index (χ3v) is 2.68. The van der Waals surface area contributed by atoms with Gasteiger partial charge < -0.3 is 19.8 Å². The minimum atomic E-state index is -0.310. The Morgan fingerprint density at radius 3 is 3.00 bits per heavy atom. The minimum Gasteiger partial charge on any atom is -0.480 e. The molecule has 0 saturated heterocycles. The van der Waals surface area contributed by atoms with Crippen LogP contribution in [0.5, 0.6) is 5.88 Å². The number of ether oxygens (including phenoxy) is 1. The number of amides is 2. The number of rotatable bonds is 5. The van der Waals surface area contributed by atoms with Gasteiger partial charge in [-0.2, -0.15) is 0 Å². The Hall–Kier alpha value is -2.50. The quantitative estimate of drug-likeness (QED) is 0.878. The van der Waals surface area contributed by atoms with Crippen LogP contribution < -0.4 is 15.4 Å². The third-order valence-electron chi connectivity index (χ3n) is 2.68. The fourth-order valence-electron chi connectivity index (χ4n) is 1.81. The maximum Gasteiger partial charge on any atom is 0.319 e. The molecule has 2 rings (SSSR count). The molecule has 2 aromatic heterocycles. The van der Waals surface area contributed by atoms with Gasteiger partial charge in [-0.1, -0.05) is 0 Å². The smallest absolute Gasteiger partial charge is 0.319 e. The van der Waals surface area contributed by atoms with Crippen molar-refractivity contribution >= 4 is 11.7 Å². The summed E-state index contributed by atoms with van der Waals surface area (Å²) >= 11 is 0. The normalized spacial score (nSPS) is 11.7. The molecule has 2 N–H and O–H groups in total. The average Bonchev–Trinajstić information content (AvgIpc) is 2.91. The molecule has 1 atom stereocenters. The molecule has 20 heavy (non-hydrogen) atoms. The molecular formula is C14H17N3O3. The highest BCUT2D eigenvalue weighted by Crippen LogP contribution is 2.19. The van der Waals surface area contributed by atoms with Gasteiger partial charge in [0.2, 0.25) is 5.88 Å². The maximum absolute atomic E-state index is 11.9. The largest absolute Gasteiger partial charge is 0.480 e. The highest BCUT2D eigenvalue weighted by atomic mass is 16.5. The van der Waals surface area contributed by atoms with Crippen molar-refractivity contribution in [2.45, 2.75) is 19.4 Å². The Balaban J connectivity index is 1.88. The second-order valence-electron chi connectivity index (χ2n) is 4.34. The van der Waals surface area contributed by atoms with Gasteiger partial charge in [-0.05, 0) is 31.2 Å². The predicted molar refractivity (Wildman–Crippen MR) is 74.8 cm³/mol. The number of pyridine rings is 1. The average molecular weight is 275 g/mol. The molecule has 0 aliphatic carbocycles. The molecule has 0 spiro atoms. The van der Waals surface area contributed by atoms with Crippen LogP contribution in [0, 0.1) is 0 Å². The van der Waals surface area contributed by atoms with Crippen molar-refractivity contribution in [3.05, 3.63) is 42.5 Å². The molecule has 6 nitrogen and oxygen atoms in total. The van der Waals surface area contributed by atoms with Gasteiger partial charge >= 0.3 is 6.03 Å². The molecule has 2 heterocycles. The highest BCUT2D eigenvalue weighted by Gasteiger charge is 2.11. The first-order valence-corrected chi connectivity index (χ1v) is 6.28. The monoisotopic (exact) mass is 275 g/mol. The van der Waals surface area contributed by atoms with Gasteiger partial charge in [-0.15, -0.1) is 0 Å². The summed E-state index contributed by atoms with van der Waals surface area (Å²) in [6.07, 6.45) is 3.84. The molecule has 0 aromatic carbocycles. The second-order valence-corrected chi connectivity index (χ2v) is 4.34. The van der Waals surface area contributed by atoms with Gasteiger partial charge in [0.15, 0.2) is 0 Å². The third kappa shape index (κ3) is 3.74. The van der Waals surface area contributed by atoms with E-state index in [4.69, 9.17) is 9.15 Å². The standard InChI is InChI=1S/C14H17N3O3/c1-10(9-11-5-4-8-20-11)16-14(18)17-12-6-3-7-15-13(12)19-2/h3-8,10H,9H2,1-2H3,(H2,16,17,18). The lowest BCUT2D eigenvalue weighted by Crippen LogP contribution is -2.37. The van der Waals surface area contributed by atoms with Crippen molar-refractivity contribution in [2.24, 2.45) is 0 Å². The highest BCUT2D eigenvalue weighted by molar-refractivity contribution is 5.90. The summed E-state index contributed by atoms with van der Waals surface area (Å²) in [6, 6.07) is 6.79. The van der Waals surface area contributed by atoms with Crippen molar-refractivity contribution in [1.82, 2.24) is 10.3 Å². The lowest BCUT2D eigenvalue weighted by molar-refractivity contribution is 0.248. The van der Waals surface area contributed by atoms with Crippen LogP contribution in [0.15, 0.2) is 41.1 Å². The van der Waals surface area contributed by atoms with E-state index in [0.717, 1.165) is 5.76 Å². The Bertz CT molecular complexity index is 555. The SMILES string of the molecule is COc1ncccc1NC(=O)NC(C)Cc1ccco1. The first-order valence-electron chi connectivity index (χ1n) is 6.28. The van der Waals surface area contributed by atoms with E-state index in [2.05, 4.69) is 15.6 Å². The number of furan rings is 1. The maximum atomic E-state index is 11.9. The summed E-state index contributed by atoms with van der Waals surface area (Å²) in [4.78, 5) is 15.9. The number of aromatic nitrogens is 1. The number of anilines is 1. The summed E-state index contributed by atoms with van der Waals surface area (Å²) in [7, 11) is 1.50. The van der Waals surface area contributed by atoms with Gasteiger partial charge in [-0.3, -0.25) is 0 Å². The van der Waals surface area contributed by atoms with E-state index in [1.54, 1.807) is 24.6 Å². The van der Waals surface area contributed by atoms with Crippen LogP contribution in [0.4, 0.5) is 10.5 Å². The van der Waals surface area contributed by atoms with E-state index in [9.17, 15) is 4.79 Å². The van der Waals surface area contributed by atoms with Crippen molar-refractivity contribution in [3.8, 4) is 5.88 Å². The number of nitrogens with one attached hydrogen (secondary N) is 2. The first kappa shape index (κ1) is 13.9. The van der Waals surface area contributed by atoms with Crippen LogP contribution in [0.1, 0.15) is 12.7 Å². The molecule has 2 amide bonds. The molecule has 1 unspecified atom stereocenters. The lowest BCUT2D eigenvalue weighted by Gasteiger charge is -2.14. The van der Waals surface area contributed by atoms with Crippen molar-refractivity contribution in [3.63, 3.8) is 0 Å². The molecule has 0 radical (unpaired) electrons. The van der Waals surface area contributed by atoms with Gasteiger partial charge in [0, 0.05) is 18.7 Å². The summed E-state index contributed by atoms with van der Waals surface area (Å²) in [5, 5.41) is 5.53. The number of urea groups is 1. The molecular weight excluding hydrogens is 258 g/mol. The summed E-state index contributed by atoms with van der Waals surface area (Å²) in [5.74, 6) is 1.21. The molecule has 0 aliphatic heterocycles. The zero-order chi connectivity index (χ0) is 14.4. The van der Waals surface area contributed by atoms with Crippen LogP contribution in [0.25, 0.3) is 0 Å². The van der Waals surface area contributed by atoms with Crippen LogP contribution in [-0.4, -0.2) is 24.2 Å². The van der Waals surface area contributed by atoms with Crippen LogP contribution in [0.3, 0.4) is 0 Å². The summed E-state index contributed by atoms with van der Waals surface area (Å²) in [5.41, 5.74) is 0.526. The zero-order valence-electron chi connectivity index (χ0n) is 11.4. The molecule has 106 valence electrons. The van der Waals surface area contributed by atoms with E-state index in [0.29, 0.717) is 18.0 Å². The Morgan fingerprint density at radius 2 is 2.30 bits per heavy atom. The number of methoxy groups -OCH3 is 1. The van der Waals surface area contributed by atoms with Crippen molar-refractivity contribution in [1.29, 1.82) is 0 Å². The van der Waals surface area contributed by atoms with Gasteiger partial charge in [-0.25, -0.2) is 9.78 Å². The molecule has 0 saturated carbocycles. The predicted octanol–water partition coefficient (Wildman–Crippen LogP) is 2.44. The molecule has 6 heteroatoms. The first-order chi connectivity index (χ1) is 9.69. The Kier molecular flexibility index (Phi) is 4.60. The molecule has 0 aliphatic rings. The summed E-state index contributed by atoms with van der Waals surface area (Å²) in [6.45, 7) is 1.91.